The minimum atomic E-state index is -0.531. The van der Waals surface area contributed by atoms with Gasteiger partial charge in [0.05, 0.1) is 5.70 Å². The van der Waals surface area contributed by atoms with Crippen molar-refractivity contribution in [2.24, 2.45) is 0 Å². The van der Waals surface area contributed by atoms with E-state index in [-0.39, 0.29) is 6.09 Å². The average molecular weight is 458 g/mol. The van der Waals surface area contributed by atoms with Crippen LogP contribution in [0, 0.1) is 0 Å². The summed E-state index contributed by atoms with van der Waals surface area (Å²) in [6.45, 7) is 8.59. The molecule has 5 nitrogen and oxygen atoms in total. The van der Waals surface area contributed by atoms with Crippen molar-refractivity contribution in [1.29, 1.82) is 0 Å². The third-order valence-electron chi connectivity index (χ3n) is 6.94. The Morgan fingerprint density at radius 1 is 0.941 bits per heavy atom. The standard InChI is InChI=1S/C29H35N3O2/c1-29(2,3)34-28(33)30(4)27-23(19-31-17-15-21-9-5-7-11-25(21)31)13-14-24(27)20-32-18-16-22-10-6-8-12-26(22)32/h5-12,19H,13-18,20H2,1-4H3/b23-19+. The van der Waals surface area contributed by atoms with Gasteiger partial charge in [-0.05, 0) is 80.9 Å². The molecule has 1 amide bonds. The summed E-state index contributed by atoms with van der Waals surface area (Å²) in [5.74, 6) is 0. The van der Waals surface area contributed by atoms with Crippen LogP contribution in [-0.4, -0.2) is 43.3 Å². The summed E-state index contributed by atoms with van der Waals surface area (Å²) < 4.78 is 5.76. The van der Waals surface area contributed by atoms with Crippen LogP contribution in [0.25, 0.3) is 0 Å². The number of amides is 1. The van der Waals surface area contributed by atoms with E-state index in [4.69, 9.17) is 4.74 Å². The average Bonchev–Trinajstić information content (AvgIpc) is 3.51. The van der Waals surface area contributed by atoms with Crippen LogP contribution in [0.2, 0.25) is 0 Å². The van der Waals surface area contributed by atoms with Crippen molar-refractivity contribution in [1.82, 2.24) is 4.90 Å². The van der Waals surface area contributed by atoms with Crippen molar-refractivity contribution in [3.8, 4) is 0 Å². The largest absolute Gasteiger partial charge is 0.443 e. The second-order valence-electron chi connectivity index (χ2n) is 10.5. The number of allylic oxidation sites excluding steroid dienone is 1. The first kappa shape index (κ1) is 22.6. The van der Waals surface area contributed by atoms with E-state index in [2.05, 4.69) is 64.5 Å². The molecule has 5 rings (SSSR count). The van der Waals surface area contributed by atoms with E-state index in [9.17, 15) is 4.79 Å². The van der Waals surface area contributed by atoms with E-state index in [1.807, 2.05) is 27.8 Å². The van der Waals surface area contributed by atoms with Gasteiger partial charge in [-0.1, -0.05) is 36.4 Å². The number of carbonyl (C=O) groups excluding carboxylic acids is 1. The quantitative estimate of drug-likeness (QED) is 0.572. The lowest BCUT2D eigenvalue weighted by molar-refractivity contribution is 0.0356. The van der Waals surface area contributed by atoms with Crippen molar-refractivity contribution in [2.75, 3.05) is 36.5 Å². The normalized spacial score (nSPS) is 18.5. The van der Waals surface area contributed by atoms with Gasteiger partial charge in [-0.2, -0.15) is 0 Å². The number of rotatable bonds is 4. The van der Waals surface area contributed by atoms with E-state index in [0.717, 1.165) is 51.0 Å². The van der Waals surface area contributed by atoms with Crippen LogP contribution in [0.5, 0.6) is 0 Å². The van der Waals surface area contributed by atoms with Crippen molar-refractivity contribution in [3.63, 3.8) is 0 Å². The predicted molar refractivity (Wildman–Crippen MR) is 138 cm³/mol. The summed E-state index contributed by atoms with van der Waals surface area (Å²) in [6.07, 6.45) is 6.00. The molecule has 2 aliphatic heterocycles. The van der Waals surface area contributed by atoms with E-state index < -0.39 is 5.60 Å². The molecule has 178 valence electrons. The molecular formula is C29H35N3O2. The lowest BCUT2D eigenvalue weighted by Crippen LogP contribution is -2.35. The fraction of sp³-hybridized carbons (Fsp3) is 0.414. The molecule has 1 aliphatic carbocycles. The number of hydrogen-bond acceptors (Lipinski definition) is 4. The van der Waals surface area contributed by atoms with Gasteiger partial charge in [0.1, 0.15) is 5.60 Å². The van der Waals surface area contributed by atoms with Crippen LogP contribution in [0.15, 0.2) is 71.6 Å². The highest BCUT2D eigenvalue weighted by Gasteiger charge is 2.32. The Hall–Kier alpha value is -3.21. The number of hydrogen-bond donors (Lipinski definition) is 0. The van der Waals surface area contributed by atoms with E-state index in [0.29, 0.717) is 0 Å². The molecule has 0 atom stereocenters. The van der Waals surface area contributed by atoms with Crippen LogP contribution >= 0.6 is 0 Å². The summed E-state index contributed by atoms with van der Waals surface area (Å²) >= 11 is 0. The maximum atomic E-state index is 13.1. The molecule has 2 aromatic rings. The lowest BCUT2D eigenvalue weighted by Gasteiger charge is -2.28. The van der Waals surface area contributed by atoms with Crippen molar-refractivity contribution < 1.29 is 9.53 Å². The summed E-state index contributed by atoms with van der Waals surface area (Å²) in [5, 5.41) is 0. The Morgan fingerprint density at radius 2 is 1.59 bits per heavy atom. The molecule has 0 fully saturated rings. The van der Waals surface area contributed by atoms with E-state index in [1.165, 1.54) is 33.6 Å². The number of nitrogens with zero attached hydrogens (tertiary/aromatic N) is 3. The zero-order chi connectivity index (χ0) is 23.9. The van der Waals surface area contributed by atoms with Crippen LogP contribution < -0.4 is 9.80 Å². The topological polar surface area (TPSA) is 36.0 Å². The summed E-state index contributed by atoms with van der Waals surface area (Å²) in [5.41, 5.74) is 8.41. The van der Waals surface area contributed by atoms with Crippen molar-refractivity contribution in [2.45, 2.75) is 52.1 Å². The summed E-state index contributed by atoms with van der Waals surface area (Å²) in [7, 11) is 1.86. The molecule has 0 spiro atoms. The highest BCUT2D eigenvalue weighted by atomic mass is 16.6. The molecule has 0 saturated carbocycles. The molecule has 34 heavy (non-hydrogen) atoms. The first-order chi connectivity index (χ1) is 16.3. The van der Waals surface area contributed by atoms with Crippen LogP contribution in [-0.2, 0) is 17.6 Å². The molecule has 2 aromatic carbocycles. The molecule has 3 aliphatic rings. The van der Waals surface area contributed by atoms with E-state index in [1.54, 1.807) is 4.90 Å². The molecule has 2 heterocycles. The zero-order valence-corrected chi connectivity index (χ0v) is 20.8. The molecule has 0 N–H and O–H groups in total. The fourth-order valence-corrected chi connectivity index (χ4v) is 5.39. The van der Waals surface area contributed by atoms with Gasteiger partial charge < -0.3 is 14.5 Å². The molecule has 0 aromatic heterocycles. The third kappa shape index (κ3) is 4.44. The predicted octanol–water partition coefficient (Wildman–Crippen LogP) is 5.91. The molecule has 0 radical (unpaired) electrons. The SMILES string of the molecule is CN(C(=O)OC(C)(C)C)C1=C(CN2CCc3ccccc32)CC/C1=C\N1CCc2ccccc21. The lowest BCUT2D eigenvalue weighted by atomic mass is 10.1. The van der Waals surface area contributed by atoms with Gasteiger partial charge >= 0.3 is 6.09 Å². The van der Waals surface area contributed by atoms with Crippen LogP contribution in [0.4, 0.5) is 16.2 Å². The van der Waals surface area contributed by atoms with Gasteiger partial charge in [-0.25, -0.2) is 4.79 Å². The fourth-order valence-electron chi connectivity index (χ4n) is 5.39. The maximum absolute atomic E-state index is 13.1. The minimum Gasteiger partial charge on any atom is -0.443 e. The van der Waals surface area contributed by atoms with Crippen LogP contribution in [0.1, 0.15) is 44.7 Å². The molecule has 0 bridgehead atoms. The van der Waals surface area contributed by atoms with Gasteiger partial charge in [0.2, 0.25) is 0 Å². The number of para-hydroxylation sites is 2. The number of likely N-dealkylation sites (N-methyl/N-ethyl adjacent to an activating group) is 1. The summed E-state index contributed by atoms with van der Waals surface area (Å²) in [4.78, 5) is 19.7. The number of fused-ring (bicyclic) bond motifs is 2. The van der Waals surface area contributed by atoms with Gasteiger partial charge in [0, 0.05) is 44.3 Å². The number of carbonyl (C=O) groups is 1. The van der Waals surface area contributed by atoms with Gasteiger partial charge in [-0.3, -0.25) is 4.90 Å². The van der Waals surface area contributed by atoms with Gasteiger partial charge in [0.15, 0.2) is 0 Å². The second kappa shape index (κ2) is 8.86. The van der Waals surface area contributed by atoms with Crippen molar-refractivity contribution in [3.05, 3.63) is 82.7 Å². The Labute approximate surface area is 203 Å². The Bertz CT molecular complexity index is 1160. The third-order valence-corrected chi connectivity index (χ3v) is 6.94. The highest BCUT2D eigenvalue weighted by Crippen LogP contribution is 2.38. The smallest absolute Gasteiger partial charge is 0.414 e. The molecule has 5 heteroatoms. The summed E-state index contributed by atoms with van der Waals surface area (Å²) in [6, 6.07) is 17.3. The number of anilines is 2. The molecule has 0 saturated heterocycles. The van der Waals surface area contributed by atoms with Crippen LogP contribution in [0.3, 0.4) is 0 Å². The number of ether oxygens (including phenoxy) is 1. The van der Waals surface area contributed by atoms with Gasteiger partial charge in [0.25, 0.3) is 0 Å². The molecule has 0 unspecified atom stereocenters. The van der Waals surface area contributed by atoms with Gasteiger partial charge in [-0.15, -0.1) is 0 Å². The van der Waals surface area contributed by atoms with E-state index >= 15 is 0 Å². The second-order valence-corrected chi connectivity index (χ2v) is 10.5. The minimum absolute atomic E-state index is 0.295. The zero-order valence-electron chi connectivity index (χ0n) is 20.8. The monoisotopic (exact) mass is 457 g/mol. The highest BCUT2D eigenvalue weighted by molar-refractivity contribution is 5.73. The maximum Gasteiger partial charge on any atom is 0.414 e. The Kier molecular flexibility index (Phi) is 5.88. The van der Waals surface area contributed by atoms with Crippen molar-refractivity contribution >= 4 is 17.5 Å². The molecular weight excluding hydrogens is 422 g/mol. The first-order valence-electron chi connectivity index (χ1n) is 12.4. The number of benzene rings is 2. The first-order valence-corrected chi connectivity index (χ1v) is 12.4. The Balaban J connectivity index is 1.48. The Morgan fingerprint density at radius 3 is 2.32 bits per heavy atom.